The zero-order valence-corrected chi connectivity index (χ0v) is 9.90. The second-order valence-electron chi connectivity index (χ2n) is 5.35. The molecule has 1 aliphatic carbocycles. The first-order valence-corrected chi connectivity index (χ1v) is 6.12. The van der Waals surface area contributed by atoms with Crippen LogP contribution >= 0.6 is 0 Å². The van der Waals surface area contributed by atoms with Crippen molar-refractivity contribution in [1.82, 2.24) is 0 Å². The molecular weight excluding hydrogens is 156 g/mol. The molecule has 0 heterocycles. The molecule has 1 saturated carbocycles. The third-order valence-corrected chi connectivity index (χ3v) is 4.39. The van der Waals surface area contributed by atoms with Crippen LogP contribution in [0.3, 0.4) is 0 Å². The van der Waals surface area contributed by atoms with Crippen molar-refractivity contribution >= 4 is 0 Å². The average molecular weight is 182 g/mol. The number of rotatable bonds is 3. The molecule has 1 aliphatic rings. The molecule has 78 valence electrons. The smallest absolute Gasteiger partial charge is 0.0298 e. The Hall–Kier alpha value is 0. The van der Waals surface area contributed by atoms with Gasteiger partial charge in [-0.1, -0.05) is 53.4 Å². The highest BCUT2D eigenvalue weighted by molar-refractivity contribution is 4.85. The second kappa shape index (κ2) is 4.48. The lowest BCUT2D eigenvalue weighted by molar-refractivity contribution is 0.0907. The van der Waals surface area contributed by atoms with Gasteiger partial charge in [0.2, 0.25) is 0 Å². The molecule has 0 atom stereocenters. The molecule has 0 nitrogen and oxygen atoms in total. The van der Waals surface area contributed by atoms with E-state index < -0.39 is 0 Å². The monoisotopic (exact) mass is 182 g/mol. The van der Waals surface area contributed by atoms with Crippen LogP contribution < -0.4 is 0 Å². The molecule has 0 amide bonds. The van der Waals surface area contributed by atoms with Crippen LogP contribution in [0.1, 0.15) is 66.2 Å². The highest BCUT2D eigenvalue weighted by Crippen LogP contribution is 2.46. The van der Waals surface area contributed by atoms with Crippen molar-refractivity contribution in [2.45, 2.75) is 66.2 Å². The van der Waals surface area contributed by atoms with Crippen LogP contribution in [0.2, 0.25) is 0 Å². The second-order valence-corrected chi connectivity index (χ2v) is 5.35. The van der Waals surface area contributed by atoms with Crippen LogP contribution in [0.25, 0.3) is 0 Å². The predicted octanol–water partition coefficient (Wildman–Crippen LogP) is 4.64. The summed E-state index contributed by atoms with van der Waals surface area (Å²) in [5.41, 5.74) is 0.677. The molecule has 0 saturated heterocycles. The third kappa shape index (κ3) is 2.48. The van der Waals surface area contributed by atoms with Crippen molar-refractivity contribution in [1.29, 1.82) is 0 Å². The first-order valence-electron chi connectivity index (χ1n) is 6.12. The fourth-order valence-electron chi connectivity index (χ4n) is 3.10. The van der Waals surface area contributed by atoms with Crippen molar-refractivity contribution in [2.75, 3.05) is 0 Å². The molecular formula is C13H26. The first-order chi connectivity index (χ1) is 6.12. The minimum absolute atomic E-state index is 0.677. The van der Waals surface area contributed by atoms with Crippen LogP contribution in [-0.4, -0.2) is 0 Å². The fourth-order valence-corrected chi connectivity index (χ4v) is 3.10. The summed E-state index contributed by atoms with van der Waals surface area (Å²) in [5, 5.41) is 0. The van der Waals surface area contributed by atoms with Gasteiger partial charge in [-0.15, -0.1) is 0 Å². The van der Waals surface area contributed by atoms with E-state index in [1.54, 1.807) is 0 Å². The van der Waals surface area contributed by atoms with Gasteiger partial charge in [-0.2, -0.15) is 0 Å². The summed E-state index contributed by atoms with van der Waals surface area (Å²) in [6.45, 7) is 9.65. The van der Waals surface area contributed by atoms with E-state index in [1.165, 1.54) is 38.5 Å². The van der Waals surface area contributed by atoms with Crippen LogP contribution in [0.15, 0.2) is 0 Å². The van der Waals surface area contributed by atoms with E-state index in [9.17, 15) is 0 Å². The van der Waals surface area contributed by atoms with Gasteiger partial charge in [0, 0.05) is 0 Å². The topological polar surface area (TPSA) is 0 Å². The molecule has 1 rings (SSSR count). The van der Waals surface area contributed by atoms with E-state index in [2.05, 4.69) is 27.7 Å². The minimum Gasteiger partial charge on any atom is -0.0651 e. The van der Waals surface area contributed by atoms with E-state index in [-0.39, 0.29) is 0 Å². The van der Waals surface area contributed by atoms with Crippen LogP contribution in [0.4, 0.5) is 0 Å². The number of hydrogen-bond acceptors (Lipinski definition) is 0. The molecule has 0 aromatic heterocycles. The maximum absolute atomic E-state index is 2.52. The lowest BCUT2D eigenvalue weighted by Gasteiger charge is -2.42. The van der Waals surface area contributed by atoms with Gasteiger partial charge in [-0.25, -0.2) is 0 Å². The van der Waals surface area contributed by atoms with Crippen LogP contribution in [0, 0.1) is 17.3 Å². The van der Waals surface area contributed by atoms with Gasteiger partial charge in [0.15, 0.2) is 0 Å². The van der Waals surface area contributed by atoms with E-state index in [4.69, 9.17) is 0 Å². The summed E-state index contributed by atoms with van der Waals surface area (Å²) < 4.78 is 0. The largest absolute Gasteiger partial charge is 0.0651 e. The minimum atomic E-state index is 0.677. The van der Waals surface area contributed by atoms with Crippen LogP contribution in [0.5, 0.6) is 0 Å². The Bertz CT molecular complexity index is 136. The van der Waals surface area contributed by atoms with Gasteiger partial charge in [-0.3, -0.25) is 0 Å². The first kappa shape index (κ1) is 11.1. The lowest BCUT2D eigenvalue weighted by Crippen LogP contribution is -2.31. The molecule has 0 N–H and O–H groups in total. The van der Waals surface area contributed by atoms with Gasteiger partial charge in [0.25, 0.3) is 0 Å². The van der Waals surface area contributed by atoms with Gasteiger partial charge < -0.3 is 0 Å². The number of hydrogen-bond donors (Lipinski definition) is 0. The van der Waals surface area contributed by atoms with Crippen molar-refractivity contribution < 1.29 is 0 Å². The Labute approximate surface area is 84.1 Å². The molecule has 0 radical (unpaired) electrons. The molecule has 0 aliphatic heterocycles. The van der Waals surface area contributed by atoms with E-state index >= 15 is 0 Å². The van der Waals surface area contributed by atoms with Gasteiger partial charge in [-0.05, 0) is 30.1 Å². The molecule has 0 aromatic carbocycles. The third-order valence-electron chi connectivity index (χ3n) is 4.39. The van der Waals surface area contributed by atoms with Crippen LogP contribution in [-0.2, 0) is 0 Å². The average Bonchev–Trinajstić information content (AvgIpc) is 2.13. The summed E-state index contributed by atoms with van der Waals surface area (Å²) in [6, 6.07) is 0. The summed E-state index contributed by atoms with van der Waals surface area (Å²) in [7, 11) is 0. The molecule has 0 unspecified atom stereocenters. The lowest BCUT2D eigenvalue weighted by atomic mass is 9.63. The van der Waals surface area contributed by atoms with Gasteiger partial charge in [0.1, 0.15) is 0 Å². The van der Waals surface area contributed by atoms with E-state index in [0.29, 0.717) is 5.41 Å². The fraction of sp³-hybridized carbons (Fsp3) is 1.00. The standard InChI is InChI=1S/C13H26/c1-5-12(6-2)13(4)9-7-11(3)8-10-13/h11-12H,5-10H2,1-4H3. The Balaban J connectivity index is 2.54. The highest BCUT2D eigenvalue weighted by Gasteiger charge is 2.34. The van der Waals surface area contributed by atoms with Crippen molar-refractivity contribution in [2.24, 2.45) is 17.3 Å². The molecule has 1 fully saturated rings. The van der Waals surface area contributed by atoms with Gasteiger partial charge >= 0.3 is 0 Å². The SMILES string of the molecule is CCC(CC)C1(C)CCC(C)CC1. The summed E-state index contributed by atoms with van der Waals surface area (Å²) in [5.74, 6) is 1.96. The summed E-state index contributed by atoms with van der Waals surface area (Å²) in [4.78, 5) is 0. The maximum atomic E-state index is 2.52. The summed E-state index contributed by atoms with van der Waals surface area (Å²) in [6.07, 6.45) is 8.63. The Morgan fingerprint density at radius 1 is 1.15 bits per heavy atom. The Morgan fingerprint density at radius 2 is 1.62 bits per heavy atom. The predicted molar refractivity (Wildman–Crippen MR) is 59.8 cm³/mol. The highest BCUT2D eigenvalue weighted by atomic mass is 14.4. The Kier molecular flexibility index (Phi) is 3.82. The maximum Gasteiger partial charge on any atom is -0.0298 e. The van der Waals surface area contributed by atoms with Gasteiger partial charge in [0.05, 0.1) is 0 Å². The zero-order valence-electron chi connectivity index (χ0n) is 9.90. The molecule has 13 heavy (non-hydrogen) atoms. The Morgan fingerprint density at radius 3 is 2.00 bits per heavy atom. The zero-order chi connectivity index (χ0) is 9.90. The van der Waals surface area contributed by atoms with Crippen molar-refractivity contribution in [3.05, 3.63) is 0 Å². The van der Waals surface area contributed by atoms with E-state index in [0.717, 1.165) is 11.8 Å². The van der Waals surface area contributed by atoms with Crippen molar-refractivity contribution in [3.63, 3.8) is 0 Å². The van der Waals surface area contributed by atoms with E-state index in [1.807, 2.05) is 0 Å². The normalized spacial score (nSPS) is 35.3. The molecule has 0 aromatic rings. The quantitative estimate of drug-likeness (QED) is 0.596. The van der Waals surface area contributed by atoms with Crippen molar-refractivity contribution in [3.8, 4) is 0 Å². The molecule has 0 spiro atoms. The molecule has 0 bridgehead atoms. The summed E-state index contributed by atoms with van der Waals surface area (Å²) >= 11 is 0. The molecule has 0 heteroatoms.